The van der Waals surface area contributed by atoms with Crippen molar-refractivity contribution in [3.8, 4) is 0 Å². The maximum absolute atomic E-state index is 11.8. The lowest BCUT2D eigenvalue weighted by Gasteiger charge is -2.11. The second-order valence-corrected chi connectivity index (χ2v) is 5.12. The highest BCUT2D eigenvalue weighted by Gasteiger charge is 2.23. The summed E-state index contributed by atoms with van der Waals surface area (Å²) in [5.41, 5.74) is 0.276. The predicted molar refractivity (Wildman–Crippen MR) is 71.0 cm³/mol. The second-order valence-electron chi connectivity index (χ2n) is 3.68. The van der Waals surface area contributed by atoms with Crippen LogP contribution in [0.15, 0.2) is 18.2 Å². The number of thioether (sulfide) groups is 1. The van der Waals surface area contributed by atoms with Crippen LogP contribution in [0, 0.1) is 10.1 Å². The SMILES string of the molecule is O=C(Nc1ccc([N+](=O)[O-])cc1Cl)C1CSCN1. The van der Waals surface area contributed by atoms with E-state index in [9.17, 15) is 14.9 Å². The smallest absolute Gasteiger partial charge is 0.271 e. The number of hydrogen-bond donors (Lipinski definition) is 2. The van der Waals surface area contributed by atoms with Crippen molar-refractivity contribution >= 4 is 40.6 Å². The van der Waals surface area contributed by atoms with Gasteiger partial charge in [0.2, 0.25) is 5.91 Å². The summed E-state index contributed by atoms with van der Waals surface area (Å²) in [5.74, 6) is 1.26. The molecule has 1 fully saturated rings. The fourth-order valence-electron chi connectivity index (χ4n) is 1.50. The van der Waals surface area contributed by atoms with Crippen LogP contribution >= 0.6 is 23.4 Å². The summed E-state index contributed by atoms with van der Waals surface area (Å²) in [6, 6.07) is 3.70. The van der Waals surface area contributed by atoms with Crippen molar-refractivity contribution in [1.29, 1.82) is 0 Å². The van der Waals surface area contributed by atoms with Gasteiger partial charge < -0.3 is 5.32 Å². The molecule has 2 N–H and O–H groups in total. The van der Waals surface area contributed by atoms with Gasteiger partial charge in [-0.25, -0.2) is 0 Å². The van der Waals surface area contributed by atoms with Gasteiger partial charge in [-0.15, -0.1) is 11.8 Å². The minimum absolute atomic E-state index is 0.104. The molecule has 0 bridgehead atoms. The van der Waals surface area contributed by atoms with E-state index in [1.165, 1.54) is 18.2 Å². The first kappa shape index (κ1) is 13.1. The number of carbonyl (C=O) groups excluding carboxylic acids is 1. The topological polar surface area (TPSA) is 84.3 Å². The number of amides is 1. The van der Waals surface area contributed by atoms with Crippen LogP contribution in [0.5, 0.6) is 0 Å². The molecular formula is C10H10ClN3O3S. The van der Waals surface area contributed by atoms with Gasteiger partial charge in [-0.1, -0.05) is 11.6 Å². The average Bonchev–Trinajstić information content (AvgIpc) is 2.85. The van der Waals surface area contributed by atoms with Crippen molar-refractivity contribution < 1.29 is 9.72 Å². The second kappa shape index (κ2) is 5.55. The summed E-state index contributed by atoms with van der Waals surface area (Å²) in [6.07, 6.45) is 0. The minimum atomic E-state index is -0.535. The first-order valence-corrected chi connectivity index (χ1v) is 6.67. The number of carbonyl (C=O) groups is 1. The molecule has 0 aliphatic carbocycles. The molecule has 1 aliphatic heterocycles. The quantitative estimate of drug-likeness (QED) is 0.655. The zero-order chi connectivity index (χ0) is 13.1. The number of nitro groups is 1. The summed E-state index contributed by atoms with van der Waals surface area (Å²) in [7, 11) is 0. The predicted octanol–water partition coefficient (Wildman–Crippen LogP) is 1.85. The van der Waals surface area contributed by atoms with Gasteiger partial charge in [-0.2, -0.15) is 0 Å². The van der Waals surface area contributed by atoms with Crippen LogP contribution in [0.25, 0.3) is 0 Å². The third-order valence-electron chi connectivity index (χ3n) is 2.45. The Bertz CT molecular complexity index is 491. The van der Waals surface area contributed by atoms with E-state index < -0.39 is 4.92 Å². The van der Waals surface area contributed by atoms with Gasteiger partial charge in [0.25, 0.3) is 5.69 Å². The van der Waals surface area contributed by atoms with Gasteiger partial charge in [0.1, 0.15) is 0 Å². The molecule has 1 atom stereocenters. The molecule has 2 rings (SSSR count). The maximum Gasteiger partial charge on any atom is 0.271 e. The number of benzene rings is 1. The van der Waals surface area contributed by atoms with Crippen LogP contribution in [0.1, 0.15) is 0 Å². The third kappa shape index (κ3) is 2.92. The standard InChI is InChI=1S/C10H10ClN3O3S/c11-7-3-6(14(16)17)1-2-8(7)13-10(15)9-4-18-5-12-9/h1-3,9,12H,4-5H2,(H,13,15). The first-order chi connectivity index (χ1) is 8.58. The maximum atomic E-state index is 11.8. The van der Waals surface area contributed by atoms with Crippen molar-refractivity contribution in [2.75, 3.05) is 16.9 Å². The zero-order valence-electron chi connectivity index (χ0n) is 9.18. The Hall–Kier alpha value is -1.31. The van der Waals surface area contributed by atoms with E-state index in [0.717, 1.165) is 5.88 Å². The Morgan fingerprint density at radius 2 is 2.39 bits per heavy atom. The Kier molecular flexibility index (Phi) is 4.05. The summed E-state index contributed by atoms with van der Waals surface area (Å²) in [6.45, 7) is 0. The summed E-state index contributed by atoms with van der Waals surface area (Å²) < 4.78 is 0. The summed E-state index contributed by atoms with van der Waals surface area (Å²) in [4.78, 5) is 21.8. The molecule has 0 aromatic heterocycles. The highest BCUT2D eigenvalue weighted by atomic mass is 35.5. The number of non-ortho nitro benzene ring substituents is 1. The van der Waals surface area contributed by atoms with Crippen molar-refractivity contribution in [3.63, 3.8) is 0 Å². The van der Waals surface area contributed by atoms with Crippen molar-refractivity contribution in [1.82, 2.24) is 5.32 Å². The third-order valence-corrected chi connectivity index (χ3v) is 3.71. The number of anilines is 1. The van der Waals surface area contributed by atoms with Crippen LogP contribution in [0.4, 0.5) is 11.4 Å². The Morgan fingerprint density at radius 1 is 1.61 bits per heavy atom. The van der Waals surface area contributed by atoms with E-state index in [0.29, 0.717) is 11.4 Å². The van der Waals surface area contributed by atoms with E-state index in [4.69, 9.17) is 11.6 Å². The fraction of sp³-hybridized carbons (Fsp3) is 0.300. The van der Waals surface area contributed by atoms with E-state index in [2.05, 4.69) is 10.6 Å². The summed E-state index contributed by atoms with van der Waals surface area (Å²) in [5, 5.41) is 16.4. The number of rotatable bonds is 3. The molecule has 96 valence electrons. The Morgan fingerprint density at radius 3 is 2.94 bits per heavy atom. The van der Waals surface area contributed by atoms with Crippen LogP contribution < -0.4 is 10.6 Å². The molecule has 0 spiro atoms. The van der Waals surface area contributed by atoms with E-state index in [1.54, 1.807) is 11.8 Å². The molecule has 0 saturated carbocycles. The first-order valence-electron chi connectivity index (χ1n) is 5.14. The molecular weight excluding hydrogens is 278 g/mol. The average molecular weight is 288 g/mol. The summed E-state index contributed by atoms with van der Waals surface area (Å²) >= 11 is 7.52. The van der Waals surface area contributed by atoms with Crippen molar-refractivity contribution in [3.05, 3.63) is 33.3 Å². The molecule has 8 heteroatoms. The molecule has 1 saturated heterocycles. The van der Waals surface area contributed by atoms with Crippen LogP contribution in [0.3, 0.4) is 0 Å². The largest absolute Gasteiger partial charge is 0.323 e. The van der Waals surface area contributed by atoms with Crippen LogP contribution in [-0.2, 0) is 4.79 Å². The van der Waals surface area contributed by atoms with E-state index in [-0.39, 0.29) is 22.7 Å². The highest BCUT2D eigenvalue weighted by molar-refractivity contribution is 7.99. The lowest BCUT2D eigenvalue weighted by atomic mass is 10.2. The molecule has 1 heterocycles. The lowest BCUT2D eigenvalue weighted by molar-refractivity contribution is -0.384. The molecule has 6 nitrogen and oxygen atoms in total. The van der Waals surface area contributed by atoms with Gasteiger partial charge in [0.05, 0.1) is 21.7 Å². The number of nitrogens with one attached hydrogen (secondary N) is 2. The molecule has 0 radical (unpaired) electrons. The van der Waals surface area contributed by atoms with Gasteiger partial charge in [-0.05, 0) is 6.07 Å². The molecule has 1 aromatic carbocycles. The van der Waals surface area contributed by atoms with Gasteiger partial charge in [0, 0.05) is 23.8 Å². The number of nitro benzene ring substituents is 1. The minimum Gasteiger partial charge on any atom is -0.323 e. The number of hydrogen-bond acceptors (Lipinski definition) is 5. The lowest BCUT2D eigenvalue weighted by Crippen LogP contribution is -2.37. The monoisotopic (exact) mass is 287 g/mol. The van der Waals surface area contributed by atoms with Crippen molar-refractivity contribution in [2.45, 2.75) is 6.04 Å². The molecule has 1 aliphatic rings. The fourth-order valence-corrected chi connectivity index (χ4v) is 2.67. The van der Waals surface area contributed by atoms with Gasteiger partial charge in [0.15, 0.2) is 0 Å². The van der Waals surface area contributed by atoms with Gasteiger partial charge >= 0.3 is 0 Å². The number of nitrogens with zero attached hydrogens (tertiary/aromatic N) is 1. The molecule has 1 unspecified atom stereocenters. The molecule has 1 amide bonds. The van der Waals surface area contributed by atoms with Crippen LogP contribution in [0.2, 0.25) is 5.02 Å². The Labute approximate surface area is 112 Å². The van der Waals surface area contributed by atoms with Crippen molar-refractivity contribution in [2.24, 2.45) is 0 Å². The molecule has 18 heavy (non-hydrogen) atoms. The molecule has 1 aromatic rings. The normalized spacial score (nSPS) is 18.6. The van der Waals surface area contributed by atoms with Gasteiger partial charge in [-0.3, -0.25) is 20.2 Å². The highest BCUT2D eigenvalue weighted by Crippen LogP contribution is 2.27. The zero-order valence-corrected chi connectivity index (χ0v) is 10.8. The Balaban J connectivity index is 2.09. The number of halogens is 1. The van der Waals surface area contributed by atoms with E-state index >= 15 is 0 Å². The van der Waals surface area contributed by atoms with E-state index in [1.807, 2.05) is 0 Å². The van der Waals surface area contributed by atoms with Crippen LogP contribution in [-0.4, -0.2) is 28.5 Å².